The monoisotopic (exact) mass is 284 g/mol. The first kappa shape index (κ1) is 13.3. The predicted octanol–water partition coefficient (Wildman–Crippen LogP) is 3.00. The molecule has 0 fully saturated rings. The largest absolute Gasteiger partial charge is 0.478 e. The van der Waals surface area contributed by atoms with Crippen molar-refractivity contribution in [3.05, 3.63) is 65.2 Å². The Hall–Kier alpha value is -2.69. The van der Waals surface area contributed by atoms with E-state index in [0.29, 0.717) is 12.0 Å². The van der Waals surface area contributed by atoms with Crippen LogP contribution in [0.25, 0.3) is 11.0 Å². The van der Waals surface area contributed by atoms with E-state index in [-0.39, 0.29) is 5.56 Å². The van der Waals surface area contributed by atoms with Crippen LogP contribution in [0.2, 0.25) is 0 Å². The quantitative estimate of drug-likeness (QED) is 0.804. The number of hydrogen-bond acceptors (Lipinski definition) is 2. The van der Waals surface area contributed by atoms with E-state index in [2.05, 4.69) is 4.98 Å². The number of imidazole rings is 1. The first-order valence-electron chi connectivity index (χ1n) is 6.48. The van der Waals surface area contributed by atoms with Gasteiger partial charge in [-0.2, -0.15) is 0 Å². The number of carbonyl (C=O) groups is 1. The zero-order valence-electron chi connectivity index (χ0n) is 11.4. The molecule has 1 N–H and O–H groups in total. The minimum Gasteiger partial charge on any atom is -0.478 e. The molecular weight excluding hydrogens is 271 g/mol. The highest BCUT2D eigenvalue weighted by Gasteiger charge is 2.12. The summed E-state index contributed by atoms with van der Waals surface area (Å²) in [6, 6.07) is 11.9. The molecule has 0 aliphatic heterocycles. The molecule has 0 spiro atoms. The molecule has 5 heteroatoms. The van der Waals surface area contributed by atoms with Crippen LogP contribution in [0.5, 0.6) is 0 Å². The van der Waals surface area contributed by atoms with Crippen molar-refractivity contribution >= 4 is 17.0 Å². The smallest absolute Gasteiger partial charge is 0.338 e. The summed E-state index contributed by atoms with van der Waals surface area (Å²) in [5.74, 6) is -1.18. The molecule has 0 radical (unpaired) electrons. The van der Waals surface area contributed by atoms with Crippen molar-refractivity contribution in [3.63, 3.8) is 0 Å². The van der Waals surface area contributed by atoms with Gasteiger partial charge in [0.1, 0.15) is 11.6 Å². The number of rotatable bonds is 3. The molecule has 0 saturated carbocycles. The lowest BCUT2D eigenvalue weighted by molar-refractivity contribution is 0.0692. The molecule has 0 atom stereocenters. The van der Waals surface area contributed by atoms with E-state index < -0.39 is 11.8 Å². The molecule has 2 aromatic carbocycles. The fourth-order valence-electron chi connectivity index (χ4n) is 2.38. The van der Waals surface area contributed by atoms with Crippen LogP contribution in [0.1, 0.15) is 21.7 Å². The van der Waals surface area contributed by atoms with Gasteiger partial charge in [0, 0.05) is 13.5 Å². The van der Waals surface area contributed by atoms with E-state index in [4.69, 9.17) is 5.11 Å². The van der Waals surface area contributed by atoms with Crippen LogP contribution in [0, 0.1) is 5.82 Å². The number of nitrogens with zero attached hydrogens (tertiary/aromatic N) is 2. The second kappa shape index (κ2) is 5.01. The number of aryl methyl sites for hydroxylation is 1. The molecule has 3 rings (SSSR count). The Morgan fingerprint density at radius 2 is 2.05 bits per heavy atom. The maximum atomic E-state index is 13.7. The Labute approximate surface area is 120 Å². The van der Waals surface area contributed by atoms with Crippen LogP contribution < -0.4 is 0 Å². The lowest BCUT2D eigenvalue weighted by atomic mass is 10.1. The minimum atomic E-state index is -1.26. The van der Waals surface area contributed by atoms with Crippen molar-refractivity contribution in [2.45, 2.75) is 6.42 Å². The van der Waals surface area contributed by atoms with E-state index in [9.17, 15) is 9.18 Å². The first-order valence-corrected chi connectivity index (χ1v) is 6.48. The van der Waals surface area contributed by atoms with Crippen LogP contribution in [0.3, 0.4) is 0 Å². The third-order valence-corrected chi connectivity index (χ3v) is 3.51. The van der Waals surface area contributed by atoms with E-state index in [1.807, 2.05) is 35.9 Å². The van der Waals surface area contributed by atoms with Crippen molar-refractivity contribution in [2.75, 3.05) is 0 Å². The van der Waals surface area contributed by atoms with Crippen LogP contribution in [-0.2, 0) is 13.5 Å². The maximum Gasteiger partial charge on any atom is 0.338 e. The number of aromatic carboxylic acids is 1. The van der Waals surface area contributed by atoms with E-state index in [0.717, 1.165) is 16.9 Å². The fraction of sp³-hybridized carbons (Fsp3) is 0.125. The van der Waals surface area contributed by atoms with E-state index in [1.54, 1.807) is 6.07 Å². The number of fused-ring (bicyclic) bond motifs is 1. The third-order valence-electron chi connectivity index (χ3n) is 3.51. The summed E-state index contributed by atoms with van der Waals surface area (Å²) < 4.78 is 15.7. The summed E-state index contributed by atoms with van der Waals surface area (Å²) in [7, 11) is 1.91. The first-order chi connectivity index (χ1) is 10.1. The van der Waals surface area contributed by atoms with Crippen molar-refractivity contribution in [1.82, 2.24) is 9.55 Å². The lowest BCUT2D eigenvalue weighted by Crippen LogP contribution is -2.03. The lowest BCUT2D eigenvalue weighted by Gasteiger charge is -2.04. The van der Waals surface area contributed by atoms with Gasteiger partial charge < -0.3 is 9.67 Å². The average molecular weight is 284 g/mol. The standard InChI is InChI=1S/C16H13FN2O2/c1-19-14-5-3-2-4-13(14)18-15(19)9-10-6-7-11(16(20)21)12(17)8-10/h2-8H,9H2,1H3,(H,20,21). The summed E-state index contributed by atoms with van der Waals surface area (Å²) in [5.41, 5.74) is 2.27. The highest BCUT2D eigenvalue weighted by atomic mass is 19.1. The molecule has 4 nitrogen and oxygen atoms in total. The number of hydrogen-bond donors (Lipinski definition) is 1. The van der Waals surface area contributed by atoms with Crippen molar-refractivity contribution < 1.29 is 14.3 Å². The maximum absolute atomic E-state index is 13.7. The molecule has 1 heterocycles. The fourth-order valence-corrected chi connectivity index (χ4v) is 2.38. The normalized spacial score (nSPS) is 11.0. The Morgan fingerprint density at radius 1 is 1.29 bits per heavy atom. The van der Waals surface area contributed by atoms with Gasteiger partial charge in [-0.05, 0) is 29.8 Å². The molecule has 0 saturated heterocycles. The van der Waals surface area contributed by atoms with Crippen molar-refractivity contribution in [1.29, 1.82) is 0 Å². The number of carboxylic acid groups (broad SMARTS) is 1. The van der Waals surface area contributed by atoms with Gasteiger partial charge >= 0.3 is 5.97 Å². The topological polar surface area (TPSA) is 55.1 Å². The highest BCUT2D eigenvalue weighted by molar-refractivity contribution is 5.87. The van der Waals surface area contributed by atoms with Crippen LogP contribution in [-0.4, -0.2) is 20.6 Å². The van der Waals surface area contributed by atoms with Gasteiger partial charge in [-0.15, -0.1) is 0 Å². The number of benzene rings is 2. The van der Waals surface area contributed by atoms with Gasteiger partial charge in [-0.25, -0.2) is 14.2 Å². The highest BCUT2D eigenvalue weighted by Crippen LogP contribution is 2.18. The Kier molecular flexibility index (Phi) is 3.17. The number of para-hydroxylation sites is 2. The molecule has 1 aromatic heterocycles. The molecule has 0 amide bonds. The Bertz CT molecular complexity index is 839. The summed E-state index contributed by atoms with van der Waals surface area (Å²) in [4.78, 5) is 15.3. The number of carboxylic acids is 1. The number of aromatic nitrogens is 2. The third kappa shape index (κ3) is 2.38. The second-order valence-corrected chi connectivity index (χ2v) is 4.87. The van der Waals surface area contributed by atoms with Gasteiger partial charge in [0.05, 0.1) is 16.6 Å². The summed E-state index contributed by atoms with van der Waals surface area (Å²) in [6.45, 7) is 0. The SMILES string of the molecule is Cn1c(Cc2ccc(C(=O)O)c(F)c2)nc2ccccc21. The summed E-state index contributed by atoms with van der Waals surface area (Å²) in [6.07, 6.45) is 0.446. The van der Waals surface area contributed by atoms with Gasteiger partial charge in [0.25, 0.3) is 0 Å². The van der Waals surface area contributed by atoms with Crippen LogP contribution >= 0.6 is 0 Å². The van der Waals surface area contributed by atoms with Gasteiger partial charge in [-0.1, -0.05) is 18.2 Å². The zero-order chi connectivity index (χ0) is 15.0. The van der Waals surface area contributed by atoms with Crippen molar-refractivity contribution in [3.8, 4) is 0 Å². The molecule has 0 bridgehead atoms. The molecule has 21 heavy (non-hydrogen) atoms. The van der Waals surface area contributed by atoms with Gasteiger partial charge in [0.2, 0.25) is 0 Å². The minimum absolute atomic E-state index is 0.316. The zero-order valence-corrected chi connectivity index (χ0v) is 11.4. The van der Waals surface area contributed by atoms with Crippen LogP contribution in [0.4, 0.5) is 4.39 Å². The molecule has 106 valence electrons. The molecule has 3 aromatic rings. The van der Waals surface area contributed by atoms with E-state index >= 15 is 0 Å². The summed E-state index contributed by atoms with van der Waals surface area (Å²) >= 11 is 0. The van der Waals surface area contributed by atoms with Gasteiger partial charge in [0.15, 0.2) is 0 Å². The Morgan fingerprint density at radius 3 is 2.71 bits per heavy atom. The van der Waals surface area contributed by atoms with Crippen molar-refractivity contribution in [2.24, 2.45) is 7.05 Å². The van der Waals surface area contributed by atoms with Crippen LogP contribution in [0.15, 0.2) is 42.5 Å². The average Bonchev–Trinajstić information content (AvgIpc) is 2.76. The summed E-state index contributed by atoms with van der Waals surface area (Å²) in [5, 5.41) is 8.83. The Balaban J connectivity index is 1.97. The second-order valence-electron chi connectivity index (χ2n) is 4.87. The number of halogens is 1. The molecule has 0 aliphatic carbocycles. The predicted molar refractivity (Wildman–Crippen MR) is 76.9 cm³/mol. The molecule has 0 aliphatic rings. The van der Waals surface area contributed by atoms with E-state index in [1.165, 1.54) is 12.1 Å². The van der Waals surface area contributed by atoms with Gasteiger partial charge in [-0.3, -0.25) is 0 Å². The molecular formula is C16H13FN2O2. The molecule has 0 unspecified atom stereocenters.